The van der Waals surface area contributed by atoms with Crippen LogP contribution >= 0.6 is 11.6 Å². The van der Waals surface area contributed by atoms with Crippen LogP contribution in [0.3, 0.4) is 0 Å². The van der Waals surface area contributed by atoms with E-state index in [2.05, 4.69) is 5.32 Å². The maximum atomic E-state index is 8.63. The van der Waals surface area contributed by atoms with Crippen LogP contribution in [0.15, 0.2) is 30.4 Å². The van der Waals surface area contributed by atoms with Crippen molar-refractivity contribution in [1.29, 1.82) is 5.26 Å². The first-order valence-corrected chi connectivity index (χ1v) is 4.70. The van der Waals surface area contributed by atoms with Gasteiger partial charge in [0.15, 0.2) is 0 Å². The van der Waals surface area contributed by atoms with Gasteiger partial charge in [-0.15, -0.1) is 0 Å². The number of nitrogens with one attached hydrogen (secondary N) is 1. The molecule has 1 rings (SSSR count). The number of allylic oxidation sites excluding steroid dienone is 1. The van der Waals surface area contributed by atoms with Crippen LogP contribution in [0.2, 0.25) is 5.02 Å². The fourth-order valence-electron chi connectivity index (χ4n) is 1.01. The molecule has 0 aliphatic rings. The second kappa shape index (κ2) is 5.31. The van der Waals surface area contributed by atoms with Crippen molar-refractivity contribution < 1.29 is 0 Å². The number of benzene rings is 1. The molecule has 0 saturated carbocycles. The van der Waals surface area contributed by atoms with Gasteiger partial charge < -0.3 is 5.32 Å². The molecule has 0 radical (unpaired) electrons. The van der Waals surface area contributed by atoms with E-state index >= 15 is 0 Å². The molecule has 0 aliphatic carbocycles. The lowest BCUT2D eigenvalue weighted by Crippen LogP contribution is -1.98. The van der Waals surface area contributed by atoms with Crippen LogP contribution in [0.5, 0.6) is 0 Å². The number of anilines is 1. The van der Waals surface area contributed by atoms with Crippen molar-refractivity contribution in [3.05, 3.63) is 40.9 Å². The molecule has 1 aromatic rings. The van der Waals surface area contributed by atoms with Gasteiger partial charge in [-0.05, 0) is 25.1 Å². The van der Waals surface area contributed by atoms with Gasteiger partial charge in [-0.1, -0.05) is 23.8 Å². The molecule has 0 aliphatic heterocycles. The highest BCUT2D eigenvalue weighted by Crippen LogP contribution is 2.22. The molecule has 2 nitrogen and oxygen atoms in total. The standard InChI is InChI=1S/C11H11ClN2/c1-2-3-6-14-11-5-4-9(8-13)7-10(11)12/h2-5,7,14H,6H2,1H3/b3-2+. The van der Waals surface area contributed by atoms with Gasteiger partial charge in [0.05, 0.1) is 22.3 Å². The van der Waals surface area contributed by atoms with E-state index in [1.54, 1.807) is 12.1 Å². The third kappa shape index (κ3) is 2.79. The second-order valence-corrected chi connectivity index (χ2v) is 3.16. The summed E-state index contributed by atoms with van der Waals surface area (Å²) in [6.07, 6.45) is 3.96. The summed E-state index contributed by atoms with van der Waals surface area (Å²) in [7, 11) is 0. The van der Waals surface area contributed by atoms with E-state index in [-0.39, 0.29) is 0 Å². The highest BCUT2D eigenvalue weighted by atomic mass is 35.5. The molecule has 0 heterocycles. The van der Waals surface area contributed by atoms with Crippen LogP contribution < -0.4 is 5.32 Å². The van der Waals surface area contributed by atoms with E-state index in [0.29, 0.717) is 10.6 Å². The largest absolute Gasteiger partial charge is 0.380 e. The van der Waals surface area contributed by atoms with Crippen molar-refractivity contribution in [3.63, 3.8) is 0 Å². The first-order chi connectivity index (χ1) is 6.77. The smallest absolute Gasteiger partial charge is 0.0992 e. The Kier molecular flexibility index (Phi) is 4.03. The Morgan fingerprint density at radius 2 is 2.36 bits per heavy atom. The van der Waals surface area contributed by atoms with Gasteiger partial charge in [0.25, 0.3) is 0 Å². The number of nitrogens with zero attached hydrogens (tertiary/aromatic N) is 1. The Bertz CT molecular complexity index is 377. The Labute approximate surface area is 88.8 Å². The van der Waals surface area contributed by atoms with E-state index < -0.39 is 0 Å². The molecule has 3 heteroatoms. The zero-order chi connectivity index (χ0) is 10.4. The van der Waals surface area contributed by atoms with Crippen molar-refractivity contribution >= 4 is 17.3 Å². The van der Waals surface area contributed by atoms with E-state index in [1.165, 1.54) is 0 Å². The van der Waals surface area contributed by atoms with Crippen LogP contribution in [-0.2, 0) is 0 Å². The lowest BCUT2D eigenvalue weighted by Gasteiger charge is -2.05. The summed E-state index contributed by atoms with van der Waals surface area (Å²) in [5.41, 5.74) is 1.43. The van der Waals surface area contributed by atoms with Gasteiger partial charge >= 0.3 is 0 Å². The van der Waals surface area contributed by atoms with Gasteiger partial charge in [0.1, 0.15) is 0 Å². The van der Waals surface area contributed by atoms with Crippen LogP contribution in [-0.4, -0.2) is 6.54 Å². The Morgan fingerprint density at radius 3 is 2.93 bits per heavy atom. The van der Waals surface area contributed by atoms with Crippen molar-refractivity contribution in [1.82, 2.24) is 0 Å². The number of hydrogen-bond donors (Lipinski definition) is 1. The minimum absolute atomic E-state index is 0.576. The van der Waals surface area contributed by atoms with Gasteiger partial charge in [0.2, 0.25) is 0 Å². The van der Waals surface area contributed by atoms with Crippen LogP contribution in [0, 0.1) is 11.3 Å². The Hall–Kier alpha value is -1.46. The molecule has 1 N–H and O–H groups in total. The summed E-state index contributed by atoms with van der Waals surface area (Å²) in [5, 5.41) is 12.3. The zero-order valence-electron chi connectivity index (χ0n) is 7.92. The fraction of sp³-hybridized carbons (Fsp3) is 0.182. The predicted octanol–water partition coefficient (Wildman–Crippen LogP) is 3.20. The molecule has 0 bridgehead atoms. The topological polar surface area (TPSA) is 35.8 Å². The summed E-state index contributed by atoms with van der Waals surface area (Å²) in [5.74, 6) is 0. The monoisotopic (exact) mass is 206 g/mol. The molecule has 0 fully saturated rings. The zero-order valence-corrected chi connectivity index (χ0v) is 8.67. The molecular weight excluding hydrogens is 196 g/mol. The SMILES string of the molecule is C/C=C/CNc1ccc(C#N)cc1Cl. The average Bonchev–Trinajstić information content (AvgIpc) is 2.20. The molecular formula is C11H11ClN2. The van der Waals surface area contributed by atoms with E-state index in [0.717, 1.165) is 12.2 Å². The maximum Gasteiger partial charge on any atom is 0.0992 e. The second-order valence-electron chi connectivity index (χ2n) is 2.76. The first kappa shape index (κ1) is 10.6. The summed E-state index contributed by atoms with van der Waals surface area (Å²) in [4.78, 5) is 0. The summed E-state index contributed by atoms with van der Waals surface area (Å²) < 4.78 is 0. The highest BCUT2D eigenvalue weighted by molar-refractivity contribution is 6.33. The van der Waals surface area contributed by atoms with Crippen molar-refractivity contribution in [2.75, 3.05) is 11.9 Å². The van der Waals surface area contributed by atoms with Crippen LogP contribution in [0.4, 0.5) is 5.69 Å². The molecule has 0 saturated heterocycles. The molecule has 0 spiro atoms. The minimum atomic E-state index is 0.576. The average molecular weight is 207 g/mol. The third-order valence-corrected chi connectivity index (χ3v) is 2.06. The number of halogens is 1. The highest BCUT2D eigenvalue weighted by Gasteiger charge is 1.99. The Balaban J connectivity index is 2.75. The summed E-state index contributed by atoms with van der Waals surface area (Å²) in [6.45, 7) is 2.70. The Morgan fingerprint density at radius 1 is 1.57 bits per heavy atom. The van der Waals surface area contributed by atoms with E-state index in [1.807, 2.05) is 31.2 Å². The number of rotatable bonds is 3. The number of nitriles is 1. The van der Waals surface area contributed by atoms with Crippen LogP contribution in [0.25, 0.3) is 0 Å². The summed E-state index contributed by atoms with van der Waals surface area (Å²) in [6, 6.07) is 7.24. The normalized spacial score (nSPS) is 10.1. The third-order valence-electron chi connectivity index (χ3n) is 1.74. The quantitative estimate of drug-likeness (QED) is 0.771. The van der Waals surface area contributed by atoms with E-state index in [9.17, 15) is 0 Å². The maximum absolute atomic E-state index is 8.63. The summed E-state index contributed by atoms with van der Waals surface area (Å²) >= 11 is 5.95. The molecule has 14 heavy (non-hydrogen) atoms. The predicted molar refractivity (Wildman–Crippen MR) is 59.5 cm³/mol. The van der Waals surface area contributed by atoms with Crippen molar-refractivity contribution in [2.24, 2.45) is 0 Å². The number of hydrogen-bond acceptors (Lipinski definition) is 2. The molecule has 72 valence electrons. The fourth-order valence-corrected chi connectivity index (χ4v) is 1.26. The molecule has 1 aromatic carbocycles. The van der Waals surface area contributed by atoms with E-state index in [4.69, 9.17) is 16.9 Å². The van der Waals surface area contributed by atoms with Gasteiger partial charge in [-0.2, -0.15) is 5.26 Å². The lowest BCUT2D eigenvalue weighted by atomic mass is 10.2. The lowest BCUT2D eigenvalue weighted by molar-refractivity contribution is 1.32. The van der Waals surface area contributed by atoms with Crippen molar-refractivity contribution in [2.45, 2.75) is 6.92 Å². The molecule has 0 aromatic heterocycles. The van der Waals surface area contributed by atoms with Crippen molar-refractivity contribution in [3.8, 4) is 6.07 Å². The molecule has 0 unspecified atom stereocenters. The molecule has 0 atom stereocenters. The van der Waals surface area contributed by atoms with Gasteiger partial charge in [0, 0.05) is 6.54 Å². The molecule has 0 amide bonds. The first-order valence-electron chi connectivity index (χ1n) is 4.32. The van der Waals surface area contributed by atoms with Gasteiger partial charge in [-0.3, -0.25) is 0 Å². The van der Waals surface area contributed by atoms with Gasteiger partial charge in [-0.25, -0.2) is 0 Å². The minimum Gasteiger partial charge on any atom is -0.380 e. The van der Waals surface area contributed by atoms with Crippen LogP contribution in [0.1, 0.15) is 12.5 Å².